The molecule has 4 nitrogen and oxygen atoms in total. The van der Waals surface area contributed by atoms with E-state index in [1.807, 2.05) is 13.8 Å². The molecule has 0 aliphatic heterocycles. The number of hydrogen-bond acceptors (Lipinski definition) is 4. The fourth-order valence-electron chi connectivity index (χ4n) is 5.29. The number of carbonyl (C=O) groups excluding carboxylic acids is 1. The summed E-state index contributed by atoms with van der Waals surface area (Å²) in [5.41, 5.74) is 1.03. The van der Waals surface area contributed by atoms with Crippen LogP contribution in [-0.4, -0.2) is 34.5 Å². The first-order chi connectivity index (χ1) is 9.66. The molecule has 0 amide bonds. The molecule has 118 valence electrons. The molecule has 3 rings (SSSR count). The number of aliphatic hydroxyl groups excluding tert-OH is 1. The first-order valence-corrected chi connectivity index (χ1v) is 7.87. The van der Waals surface area contributed by atoms with Crippen LogP contribution in [0.1, 0.15) is 53.4 Å². The molecule has 0 aromatic carbocycles. The third-order valence-corrected chi connectivity index (χ3v) is 6.35. The summed E-state index contributed by atoms with van der Waals surface area (Å²) in [5.74, 6) is -0.299. The van der Waals surface area contributed by atoms with Gasteiger partial charge in [0.2, 0.25) is 0 Å². The van der Waals surface area contributed by atoms with Crippen molar-refractivity contribution in [2.75, 3.05) is 6.61 Å². The lowest BCUT2D eigenvalue weighted by molar-refractivity contribution is -0.176. The van der Waals surface area contributed by atoms with E-state index in [-0.39, 0.29) is 29.3 Å². The van der Waals surface area contributed by atoms with Crippen LogP contribution in [0.15, 0.2) is 11.1 Å². The summed E-state index contributed by atoms with van der Waals surface area (Å²) in [6.07, 6.45) is 2.81. The highest BCUT2D eigenvalue weighted by Gasteiger charge is 2.67. The summed E-state index contributed by atoms with van der Waals surface area (Å²) < 4.78 is 5.53. The van der Waals surface area contributed by atoms with Crippen molar-refractivity contribution in [2.24, 2.45) is 16.7 Å². The van der Waals surface area contributed by atoms with Crippen LogP contribution in [0.4, 0.5) is 0 Å². The molecule has 2 N–H and O–H groups in total. The number of aliphatic hydroxyl groups is 2. The smallest absolute Gasteiger partial charge is 0.303 e. The van der Waals surface area contributed by atoms with Gasteiger partial charge < -0.3 is 14.9 Å². The Hall–Kier alpha value is -0.870. The van der Waals surface area contributed by atoms with Crippen LogP contribution >= 0.6 is 0 Å². The van der Waals surface area contributed by atoms with Crippen LogP contribution in [0.5, 0.6) is 0 Å². The number of ether oxygens (including phenoxy) is 1. The Balaban J connectivity index is 2.09. The van der Waals surface area contributed by atoms with Gasteiger partial charge >= 0.3 is 5.97 Å². The van der Waals surface area contributed by atoms with Gasteiger partial charge in [-0.2, -0.15) is 0 Å². The van der Waals surface area contributed by atoms with E-state index in [9.17, 15) is 15.0 Å². The molecule has 0 spiro atoms. The second-order valence-corrected chi connectivity index (χ2v) is 7.96. The molecule has 0 bridgehead atoms. The minimum atomic E-state index is -1.05. The van der Waals surface area contributed by atoms with E-state index in [2.05, 4.69) is 6.92 Å². The number of hydrogen-bond donors (Lipinski definition) is 2. The standard InChI is InChI=1S/C17H26O4/c1-10-12-5-6-16(12,4)13-7-15(3,9-18)8-17(13,20)14(10)21-11(2)19/h13-14,18,20H,5-9H2,1-4H3. The predicted molar refractivity (Wildman–Crippen MR) is 78.5 cm³/mol. The Bertz CT molecular complexity index is 525. The lowest BCUT2D eigenvalue weighted by Crippen LogP contribution is -2.60. The minimum Gasteiger partial charge on any atom is -0.455 e. The van der Waals surface area contributed by atoms with Crippen molar-refractivity contribution in [3.8, 4) is 0 Å². The molecular weight excluding hydrogens is 268 g/mol. The number of esters is 1. The zero-order valence-electron chi connectivity index (χ0n) is 13.4. The van der Waals surface area contributed by atoms with Crippen molar-refractivity contribution < 1.29 is 19.7 Å². The van der Waals surface area contributed by atoms with Gasteiger partial charge in [-0.25, -0.2) is 0 Å². The van der Waals surface area contributed by atoms with Crippen LogP contribution in [0.25, 0.3) is 0 Å². The first kappa shape index (κ1) is 15.0. The average molecular weight is 294 g/mol. The quantitative estimate of drug-likeness (QED) is 0.605. The number of fused-ring (bicyclic) bond motifs is 3. The molecule has 0 heterocycles. The van der Waals surface area contributed by atoms with Gasteiger partial charge in [0.15, 0.2) is 6.10 Å². The maximum absolute atomic E-state index is 11.5. The molecular formula is C17H26O4. The Morgan fingerprint density at radius 3 is 2.57 bits per heavy atom. The van der Waals surface area contributed by atoms with Crippen molar-refractivity contribution in [1.29, 1.82) is 0 Å². The molecule has 0 saturated heterocycles. The zero-order valence-corrected chi connectivity index (χ0v) is 13.4. The number of allylic oxidation sites excluding steroid dienone is 1. The van der Waals surface area contributed by atoms with Crippen LogP contribution in [0.3, 0.4) is 0 Å². The van der Waals surface area contributed by atoms with Gasteiger partial charge in [0, 0.05) is 19.4 Å². The first-order valence-electron chi connectivity index (χ1n) is 7.87. The maximum atomic E-state index is 11.5. The van der Waals surface area contributed by atoms with Gasteiger partial charge in [0.1, 0.15) is 5.60 Å². The lowest BCUT2D eigenvalue weighted by atomic mass is 9.49. The Kier molecular flexibility index (Phi) is 3.10. The van der Waals surface area contributed by atoms with Crippen molar-refractivity contribution in [3.05, 3.63) is 11.1 Å². The molecule has 2 fully saturated rings. The third kappa shape index (κ3) is 1.85. The van der Waals surface area contributed by atoms with Gasteiger partial charge in [-0.05, 0) is 49.0 Å². The molecule has 0 radical (unpaired) electrons. The Morgan fingerprint density at radius 2 is 2.10 bits per heavy atom. The summed E-state index contributed by atoms with van der Waals surface area (Å²) in [5, 5.41) is 21.2. The Morgan fingerprint density at radius 1 is 1.43 bits per heavy atom. The SMILES string of the molecule is CC(=O)OC1C(C)=C2CCC2(C)C2CC(C)(CO)CC12O. The predicted octanol–water partition coefficient (Wildman–Crippen LogP) is 2.19. The van der Waals surface area contributed by atoms with Crippen LogP contribution in [0, 0.1) is 16.7 Å². The van der Waals surface area contributed by atoms with Gasteiger partial charge in [-0.15, -0.1) is 0 Å². The van der Waals surface area contributed by atoms with Gasteiger partial charge in [0.25, 0.3) is 0 Å². The average Bonchev–Trinajstić information content (AvgIpc) is 2.66. The van der Waals surface area contributed by atoms with E-state index in [0.717, 1.165) is 24.8 Å². The van der Waals surface area contributed by atoms with Gasteiger partial charge in [-0.1, -0.05) is 19.4 Å². The summed E-state index contributed by atoms with van der Waals surface area (Å²) in [6.45, 7) is 7.68. The second kappa shape index (κ2) is 4.32. The van der Waals surface area contributed by atoms with E-state index < -0.39 is 11.7 Å². The van der Waals surface area contributed by atoms with Crippen molar-refractivity contribution in [3.63, 3.8) is 0 Å². The highest BCUT2D eigenvalue weighted by molar-refractivity contribution is 5.67. The molecule has 0 aromatic heterocycles. The summed E-state index contributed by atoms with van der Waals surface area (Å²) in [4.78, 5) is 11.5. The van der Waals surface area contributed by atoms with Crippen LogP contribution < -0.4 is 0 Å². The lowest BCUT2D eigenvalue weighted by Gasteiger charge is -2.58. The molecule has 4 heteroatoms. The fraction of sp³-hybridized carbons (Fsp3) is 0.824. The number of rotatable bonds is 2. The normalized spacial score (nSPS) is 48.5. The molecule has 21 heavy (non-hydrogen) atoms. The topological polar surface area (TPSA) is 66.8 Å². The van der Waals surface area contributed by atoms with E-state index in [1.165, 1.54) is 12.5 Å². The summed E-state index contributed by atoms with van der Waals surface area (Å²) in [6, 6.07) is 0. The molecule has 0 aromatic rings. The molecule has 5 atom stereocenters. The molecule has 3 aliphatic rings. The third-order valence-electron chi connectivity index (χ3n) is 6.35. The van der Waals surface area contributed by atoms with Crippen molar-refractivity contribution in [1.82, 2.24) is 0 Å². The molecule has 3 aliphatic carbocycles. The van der Waals surface area contributed by atoms with E-state index in [0.29, 0.717) is 6.42 Å². The summed E-state index contributed by atoms with van der Waals surface area (Å²) >= 11 is 0. The van der Waals surface area contributed by atoms with Crippen molar-refractivity contribution >= 4 is 5.97 Å². The van der Waals surface area contributed by atoms with Crippen LogP contribution in [-0.2, 0) is 9.53 Å². The second-order valence-electron chi connectivity index (χ2n) is 7.96. The largest absolute Gasteiger partial charge is 0.455 e. The van der Waals surface area contributed by atoms with Crippen LogP contribution in [0.2, 0.25) is 0 Å². The Labute approximate surface area is 126 Å². The van der Waals surface area contributed by atoms with E-state index in [1.54, 1.807) is 0 Å². The fourth-order valence-corrected chi connectivity index (χ4v) is 5.29. The van der Waals surface area contributed by atoms with Gasteiger partial charge in [0.05, 0.1) is 0 Å². The molecule has 5 unspecified atom stereocenters. The summed E-state index contributed by atoms with van der Waals surface area (Å²) in [7, 11) is 0. The number of carbonyl (C=O) groups is 1. The highest BCUT2D eigenvalue weighted by Crippen LogP contribution is 2.67. The highest BCUT2D eigenvalue weighted by atomic mass is 16.6. The minimum absolute atomic E-state index is 0.00239. The van der Waals surface area contributed by atoms with E-state index in [4.69, 9.17) is 4.74 Å². The monoisotopic (exact) mass is 294 g/mol. The van der Waals surface area contributed by atoms with Crippen molar-refractivity contribution in [2.45, 2.75) is 65.1 Å². The van der Waals surface area contributed by atoms with E-state index >= 15 is 0 Å². The maximum Gasteiger partial charge on any atom is 0.303 e. The zero-order chi connectivity index (χ0) is 15.6. The van der Waals surface area contributed by atoms with Gasteiger partial charge in [-0.3, -0.25) is 4.79 Å². The molecule has 2 saturated carbocycles.